The lowest BCUT2D eigenvalue weighted by Crippen LogP contribution is -2.47. The van der Waals surface area contributed by atoms with Crippen molar-refractivity contribution in [3.63, 3.8) is 0 Å². The minimum atomic E-state index is -0.549. The second kappa shape index (κ2) is 10.2. The molecular formula is C17H31N3O3. The van der Waals surface area contributed by atoms with Crippen LogP contribution in [0.15, 0.2) is 0 Å². The van der Waals surface area contributed by atoms with E-state index in [1.54, 1.807) is 6.92 Å². The van der Waals surface area contributed by atoms with Crippen LogP contribution in [0.4, 0.5) is 0 Å². The molecule has 6 nitrogen and oxygen atoms in total. The molecule has 0 spiro atoms. The van der Waals surface area contributed by atoms with E-state index in [1.807, 2.05) is 13.8 Å². The van der Waals surface area contributed by atoms with Crippen LogP contribution in [-0.2, 0) is 14.4 Å². The molecule has 0 heterocycles. The molecule has 0 bridgehead atoms. The van der Waals surface area contributed by atoms with Crippen LogP contribution in [0.2, 0.25) is 0 Å². The molecule has 1 fully saturated rings. The standard InChI is InChI=1S/C17H31N3O3/c1-12(2)16(22)18-9-10-19-17(23)13(3)20-15(21)11-14-7-5-4-6-8-14/h12-14H,4-11H2,1-3H3,(H,18,22)(H,19,23)(H,20,21). The van der Waals surface area contributed by atoms with E-state index in [-0.39, 0.29) is 23.6 Å². The van der Waals surface area contributed by atoms with Crippen molar-refractivity contribution in [2.24, 2.45) is 11.8 Å². The van der Waals surface area contributed by atoms with Crippen molar-refractivity contribution in [3.05, 3.63) is 0 Å². The molecule has 1 rings (SSSR count). The molecule has 0 aromatic rings. The molecule has 3 N–H and O–H groups in total. The van der Waals surface area contributed by atoms with Gasteiger partial charge in [-0.15, -0.1) is 0 Å². The van der Waals surface area contributed by atoms with E-state index >= 15 is 0 Å². The summed E-state index contributed by atoms with van der Waals surface area (Å²) >= 11 is 0. The molecule has 1 saturated carbocycles. The van der Waals surface area contributed by atoms with Crippen LogP contribution in [0, 0.1) is 11.8 Å². The number of hydrogen-bond acceptors (Lipinski definition) is 3. The number of amides is 3. The molecule has 6 heteroatoms. The SMILES string of the molecule is CC(C)C(=O)NCCNC(=O)C(C)NC(=O)CC1CCCCC1. The summed E-state index contributed by atoms with van der Waals surface area (Å²) in [5.74, 6) is 0.0930. The normalized spacial score (nSPS) is 16.7. The number of rotatable bonds is 8. The van der Waals surface area contributed by atoms with Gasteiger partial charge < -0.3 is 16.0 Å². The average molecular weight is 325 g/mol. The summed E-state index contributed by atoms with van der Waals surface area (Å²) in [6.45, 7) is 6.07. The molecule has 0 radical (unpaired) electrons. The topological polar surface area (TPSA) is 87.3 Å². The maximum atomic E-state index is 12.0. The lowest BCUT2D eigenvalue weighted by Gasteiger charge is -2.22. The first-order chi connectivity index (χ1) is 10.9. The van der Waals surface area contributed by atoms with Gasteiger partial charge in [-0.3, -0.25) is 14.4 Å². The highest BCUT2D eigenvalue weighted by Crippen LogP contribution is 2.26. The van der Waals surface area contributed by atoms with Crippen molar-refractivity contribution in [3.8, 4) is 0 Å². The van der Waals surface area contributed by atoms with Crippen molar-refractivity contribution >= 4 is 17.7 Å². The summed E-state index contributed by atoms with van der Waals surface area (Å²) < 4.78 is 0. The van der Waals surface area contributed by atoms with Gasteiger partial charge in [0.2, 0.25) is 17.7 Å². The van der Waals surface area contributed by atoms with Gasteiger partial charge in [-0.2, -0.15) is 0 Å². The highest BCUT2D eigenvalue weighted by Gasteiger charge is 2.20. The third-order valence-electron chi connectivity index (χ3n) is 4.22. The van der Waals surface area contributed by atoms with Gasteiger partial charge in [0.25, 0.3) is 0 Å². The average Bonchev–Trinajstić information content (AvgIpc) is 2.51. The molecule has 132 valence electrons. The van der Waals surface area contributed by atoms with Crippen LogP contribution in [0.25, 0.3) is 0 Å². The van der Waals surface area contributed by atoms with Gasteiger partial charge in [0.05, 0.1) is 0 Å². The Kier molecular flexibility index (Phi) is 8.66. The lowest BCUT2D eigenvalue weighted by molar-refractivity contribution is -0.129. The Labute approximate surface area is 139 Å². The molecule has 0 aliphatic heterocycles. The second-order valence-corrected chi connectivity index (χ2v) is 6.73. The Hall–Kier alpha value is -1.59. The fourth-order valence-corrected chi connectivity index (χ4v) is 2.75. The van der Waals surface area contributed by atoms with E-state index in [1.165, 1.54) is 19.3 Å². The van der Waals surface area contributed by atoms with Crippen LogP contribution in [0.3, 0.4) is 0 Å². The Bertz CT molecular complexity index is 404. The summed E-state index contributed by atoms with van der Waals surface area (Å²) in [6, 6.07) is -0.549. The fourth-order valence-electron chi connectivity index (χ4n) is 2.75. The minimum absolute atomic E-state index is 0.0342. The second-order valence-electron chi connectivity index (χ2n) is 6.73. The van der Waals surface area contributed by atoms with Crippen molar-refractivity contribution in [2.75, 3.05) is 13.1 Å². The zero-order chi connectivity index (χ0) is 17.2. The Morgan fingerprint density at radius 1 is 0.913 bits per heavy atom. The van der Waals surface area contributed by atoms with Crippen LogP contribution < -0.4 is 16.0 Å². The van der Waals surface area contributed by atoms with Gasteiger partial charge in [0.15, 0.2) is 0 Å². The van der Waals surface area contributed by atoms with E-state index in [2.05, 4.69) is 16.0 Å². The maximum Gasteiger partial charge on any atom is 0.242 e. The molecule has 3 amide bonds. The van der Waals surface area contributed by atoms with Crippen LogP contribution >= 0.6 is 0 Å². The Balaban J connectivity index is 2.17. The molecular weight excluding hydrogens is 294 g/mol. The van der Waals surface area contributed by atoms with Gasteiger partial charge in [0, 0.05) is 25.4 Å². The van der Waals surface area contributed by atoms with Gasteiger partial charge >= 0.3 is 0 Å². The van der Waals surface area contributed by atoms with Crippen LogP contribution in [0.1, 0.15) is 59.3 Å². The predicted molar refractivity (Wildman–Crippen MR) is 89.7 cm³/mol. The van der Waals surface area contributed by atoms with Crippen molar-refractivity contribution in [1.82, 2.24) is 16.0 Å². The lowest BCUT2D eigenvalue weighted by atomic mass is 9.87. The third-order valence-corrected chi connectivity index (χ3v) is 4.22. The predicted octanol–water partition coefficient (Wildman–Crippen LogP) is 1.35. The molecule has 1 atom stereocenters. The zero-order valence-corrected chi connectivity index (χ0v) is 14.6. The number of carbonyl (C=O) groups excluding carboxylic acids is 3. The van der Waals surface area contributed by atoms with Crippen molar-refractivity contribution in [1.29, 1.82) is 0 Å². The minimum Gasteiger partial charge on any atom is -0.354 e. The summed E-state index contributed by atoms with van der Waals surface area (Å²) in [5, 5.41) is 8.20. The largest absolute Gasteiger partial charge is 0.354 e. The first-order valence-corrected chi connectivity index (χ1v) is 8.75. The number of nitrogens with one attached hydrogen (secondary N) is 3. The Morgan fingerprint density at radius 3 is 2.04 bits per heavy atom. The van der Waals surface area contributed by atoms with Crippen molar-refractivity contribution in [2.45, 2.75) is 65.3 Å². The summed E-state index contributed by atoms with van der Waals surface area (Å²) in [5.41, 5.74) is 0. The molecule has 0 aromatic carbocycles. The number of carbonyl (C=O) groups is 3. The number of hydrogen-bond donors (Lipinski definition) is 3. The quantitative estimate of drug-likeness (QED) is 0.589. The van der Waals surface area contributed by atoms with E-state index in [0.717, 1.165) is 12.8 Å². The zero-order valence-electron chi connectivity index (χ0n) is 14.6. The molecule has 1 aliphatic carbocycles. The van der Waals surface area contributed by atoms with Gasteiger partial charge in [-0.1, -0.05) is 33.1 Å². The third kappa shape index (κ3) is 8.00. The Morgan fingerprint density at radius 2 is 1.48 bits per heavy atom. The summed E-state index contributed by atoms with van der Waals surface area (Å²) in [7, 11) is 0. The first kappa shape index (κ1) is 19.5. The van der Waals surface area contributed by atoms with Gasteiger partial charge in [-0.25, -0.2) is 0 Å². The van der Waals surface area contributed by atoms with E-state index in [4.69, 9.17) is 0 Å². The van der Waals surface area contributed by atoms with Crippen molar-refractivity contribution < 1.29 is 14.4 Å². The van der Waals surface area contributed by atoms with E-state index in [0.29, 0.717) is 25.4 Å². The van der Waals surface area contributed by atoms with Gasteiger partial charge in [-0.05, 0) is 25.7 Å². The highest BCUT2D eigenvalue weighted by atomic mass is 16.2. The molecule has 1 aliphatic rings. The fraction of sp³-hybridized carbons (Fsp3) is 0.824. The van der Waals surface area contributed by atoms with Crippen LogP contribution in [0.5, 0.6) is 0 Å². The molecule has 0 aromatic heterocycles. The van der Waals surface area contributed by atoms with E-state index < -0.39 is 6.04 Å². The summed E-state index contributed by atoms with van der Waals surface area (Å²) in [6.07, 6.45) is 6.42. The maximum absolute atomic E-state index is 12.0. The van der Waals surface area contributed by atoms with Gasteiger partial charge in [0.1, 0.15) is 6.04 Å². The van der Waals surface area contributed by atoms with Crippen LogP contribution in [-0.4, -0.2) is 36.9 Å². The molecule has 23 heavy (non-hydrogen) atoms. The molecule has 0 saturated heterocycles. The summed E-state index contributed by atoms with van der Waals surface area (Å²) in [4.78, 5) is 35.3. The highest BCUT2D eigenvalue weighted by molar-refractivity contribution is 5.87. The monoisotopic (exact) mass is 325 g/mol. The first-order valence-electron chi connectivity index (χ1n) is 8.75. The van der Waals surface area contributed by atoms with E-state index in [9.17, 15) is 14.4 Å². The molecule has 1 unspecified atom stereocenters. The smallest absolute Gasteiger partial charge is 0.242 e.